The molecule has 0 atom stereocenters. The van der Waals surface area contributed by atoms with Crippen LogP contribution in [0.1, 0.15) is 142 Å². The molecular weight excluding hydrogens is 520 g/mol. The Kier molecular flexibility index (Phi) is 28.6. The lowest BCUT2D eigenvalue weighted by Gasteiger charge is -2.23. The van der Waals surface area contributed by atoms with E-state index in [9.17, 15) is 19.5 Å². The van der Waals surface area contributed by atoms with Gasteiger partial charge in [0.05, 0.1) is 32.8 Å². The van der Waals surface area contributed by atoms with Gasteiger partial charge < -0.3 is 14.6 Å². The van der Waals surface area contributed by atoms with Crippen molar-refractivity contribution in [3.05, 3.63) is 0 Å². The lowest BCUT2D eigenvalue weighted by atomic mass is 10.1. The molecule has 41 heavy (non-hydrogen) atoms. The largest absolute Gasteiger partial charge is 0.480 e. The Morgan fingerprint density at radius 2 is 0.878 bits per heavy atom. The average Bonchev–Trinajstić information content (AvgIpc) is 2.93. The molecule has 0 rings (SSSR count). The predicted octanol–water partition coefficient (Wildman–Crippen LogP) is 7.23. The van der Waals surface area contributed by atoms with E-state index < -0.39 is 11.9 Å². The minimum Gasteiger partial charge on any atom is -0.480 e. The fourth-order valence-corrected chi connectivity index (χ4v) is 4.84. The first kappa shape index (κ1) is 39.3. The second-order valence-electron chi connectivity index (χ2n) is 11.6. The molecule has 1 N–H and O–H groups in total. The number of carbonyl (C=O) groups excluding carboxylic acids is 2. The highest BCUT2D eigenvalue weighted by Gasteiger charge is 2.17. The summed E-state index contributed by atoms with van der Waals surface area (Å²) in [6, 6.07) is 0. The van der Waals surface area contributed by atoms with Crippen LogP contribution in [0.3, 0.4) is 0 Å². The average molecular weight is 585 g/mol. The van der Waals surface area contributed by atoms with Crippen LogP contribution in [-0.2, 0) is 23.9 Å². The topological polar surface area (TPSA) is 96.4 Å². The Hall–Kier alpha value is -1.67. The number of likely N-dealkylation sites (N-methyl/N-ethyl adjacent to an activating group) is 1. The zero-order valence-corrected chi connectivity index (χ0v) is 27.0. The molecule has 0 aromatic heterocycles. The van der Waals surface area contributed by atoms with Crippen molar-refractivity contribution >= 4 is 17.9 Å². The van der Waals surface area contributed by atoms with Crippen molar-refractivity contribution in [2.45, 2.75) is 142 Å². The summed E-state index contributed by atoms with van der Waals surface area (Å²) >= 11 is 0. The molecule has 0 radical (unpaired) electrons. The van der Waals surface area contributed by atoms with E-state index in [0.29, 0.717) is 26.3 Å². The van der Waals surface area contributed by atoms with Gasteiger partial charge in [0.15, 0.2) is 0 Å². The van der Waals surface area contributed by atoms with E-state index >= 15 is 0 Å². The van der Waals surface area contributed by atoms with Crippen LogP contribution in [0.25, 0.3) is 0 Å². The van der Waals surface area contributed by atoms with Crippen LogP contribution in [0.15, 0.2) is 0 Å². The van der Waals surface area contributed by atoms with E-state index in [1.165, 1.54) is 96.3 Å². The number of esters is 2. The van der Waals surface area contributed by atoms with Gasteiger partial charge in [-0.15, -0.1) is 0 Å². The summed E-state index contributed by atoms with van der Waals surface area (Å²) in [4.78, 5) is 39.0. The van der Waals surface area contributed by atoms with Crippen molar-refractivity contribution in [3.63, 3.8) is 0 Å². The zero-order valence-electron chi connectivity index (χ0n) is 27.0. The molecule has 0 spiro atoms. The Morgan fingerprint density at radius 3 is 1.27 bits per heavy atom. The lowest BCUT2D eigenvalue weighted by molar-refractivity contribution is -0.148. The Morgan fingerprint density at radius 1 is 0.512 bits per heavy atom. The summed E-state index contributed by atoms with van der Waals surface area (Å²) in [5, 5.41) is 9.24. The van der Waals surface area contributed by atoms with Crippen molar-refractivity contribution in [2.75, 3.05) is 53.0 Å². The van der Waals surface area contributed by atoms with E-state index in [4.69, 9.17) is 9.47 Å². The normalized spacial score (nSPS) is 11.3. The van der Waals surface area contributed by atoms with Crippen molar-refractivity contribution in [1.29, 1.82) is 0 Å². The second kappa shape index (κ2) is 29.8. The summed E-state index contributed by atoms with van der Waals surface area (Å²) in [6.07, 6.45) is 24.5. The van der Waals surface area contributed by atoms with Gasteiger partial charge in [0.1, 0.15) is 0 Å². The van der Waals surface area contributed by atoms with Crippen LogP contribution in [0.4, 0.5) is 0 Å². The number of ether oxygens (including phenoxy) is 2. The lowest BCUT2D eigenvalue weighted by Crippen LogP contribution is -2.41. The first-order valence-electron chi connectivity index (χ1n) is 16.8. The molecule has 0 saturated carbocycles. The second-order valence-corrected chi connectivity index (χ2v) is 11.6. The third-order valence-corrected chi connectivity index (χ3v) is 7.43. The Labute approximate surface area is 251 Å². The molecule has 242 valence electrons. The van der Waals surface area contributed by atoms with Crippen molar-refractivity contribution in [3.8, 4) is 0 Å². The monoisotopic (exact) mass is 584 g/mol. The molecule has 0 saturated heterocycles. The molecule has 8 nitrogen and oxygen atoms in total. The van der Waals surface area contributed by atoms with Gasteiger partial charge in [-0.2, -0.15) is 0 Å². The molecule has 0 bridgehead atoms. The maximum atomic E-state index is 12.3. The van der Waals surface area contributed by atoms with Gasteiger partial charge in [0.25, 0.3) is 0 Å². The molecule has 0 amide bonds. The van der Waals surface area contributed by atoms with Crippen LogP contribution in [0, 0.1) is 0 Å². The van der Waals surface area contributed by atoms with Crippen molar-refractivity contribution in [1.82, 2.24) is 9.80 Å². The van der Waals surface area contributed by atoms with Gasteiger partial charge in [-0.1, -0.05) is 129 Å². The van der Waals surface area contributed by atoms with Gasteiger partial charge in [-0.25, -0.2) is 0 Å². The van der Waals surface area contributed by atoms with Crippen LogP contribution < -0.4 is 0 Å². The Balaban J connectivity index is 3.91. The predicted molar refractivity (Wildman–Crippen MR) is 167 cm³/mol. The number of hydrogen-bond acceptors (Lipinski definition) is 7. The SMILES string of the molecule is CCCCCCCCCCCCOC(=O)CN(C)CCN(CC(=O)O)CC(=O)OCCCCCCCCCCCC. The summed E-state index contributed by atoms with van der Waals surface area (Å²) in [5.41, 5.74) is 0. The first-order chi connectivity index (χ1) is 19.9. The van der Waals surface area contributed by atoms with Crippen LogP contribution >= 0.6 is 0 Å². The first-order valence-corrected chi connectivity index (χ1v) is 16.8. The van der Waals surface area contributed by atoms with Gasteiger partial charge in [0, 0.05) is 13.1 Å². The number of carbonyl (C=O) groups is 3. The van der Waals surface area contributed by atoms with Crippen molar-refractivity contribution < 1.29 is 29.0 Å². The summed E-state index contributed by atoms with van der Waals surface area (Å²) < 4.78 is 10.7. The van der Waals surface area contributed by atoms with Crippen molar-refractivity contribution in [2.24, 2.45) is 0 Å². The fourth-order valence-electron chi connectivity index (χ4n) is 4.84. The minimum atomic E-state index is -0.994. The Bertz CT molecular complexity index is 631. The molecule has 0 fully saturated rings. The minimum absolute atomic E-state index is 0.0684. The quantitative estimate of drug-likeness (QED) is 0.0673. The maximum Gasteiger partial charge on any atom is 0.320 e. The van der Waals surface area contributed by atoms with Gasteiger partial charge >= 0.3 is 17.9 Å². The highest BCUT2D eigenvalue weighted by Crippen LogP contribution is 2.11. The van der Waals surface area contributed by atoms with E-state index in [2.05, 4.69) is 13.8 Å². The molecule has 0 aliphatic rings. The number of aliphatic carboxylic acids is 1. The number of rotatable bonds is 31. The molecule has 8 heteroatoms. The summed E-state index contributed by atoms with van der Waals surface area (Å²) in [6.45, 7) is 5.92. The van der Waals surface area contributed by atoms with Gasteiger partial charge in [0.2, 0.25) is 0 Å². The zero-order chi connectivity index (χ0) is 30.4. The van der Waals surface area contributed by atoms with E-state index in [1.807, 2.05) is 0 Å². The van der Waals surface area contributed by atoms with E-state index in [1.54, 1.807) is 16.8 Å². The standard InChI is InChI=1S/C33H64N2O6/c1-4-6-8-10-12-14-16-18-20-22-26-40-32(38)29-34(3)24-25-35(28-31(36)37)30-33(39)41-27-23-21-19-17-15-13-11-9-7-5-2/h4-30H2,1-3H3,(H,36,37). The van der Waals surface area contributed by atoms with Crippen LogP contribution in [0.5, 0.6) is 0 Å². The van der Waals surface area contributed by atoms with Crippen LogP contribution in [-0.4, -0.2) is 85.8 Å². The number of unbranched alkanes of at least 4 members (excludes halogenated alkanes) is 18. The molecule has 0 aromatic rings. The summed E-state index contributed by atoms with van der Waals surface area (Å²) in [7, 11) is 1.80. The van der Waals surface area contributed by atoms with Crippen LogP contribution in [0.2, 0.25) is 0 Å². The maximum absolute atomic E-state index is 12.3. The van der Waals surface area contributed by atoms with E-state index in [0.717, 1.165) is 32.1 Å². The highest BCUT2D eigenvalue weighted by atomic mass is 16.5. The number of hydrogen-bond donors (Lipinski definition) is 1. The summed E-state index contributed by atoms with van der Waals surface area (Å²) in [5.74, 6) is -1.67. The number of nitrogens with zero attached hydrogens (tertiary/aromatic N) is 2. The third-order valence-electron chi connectivity index (χ3n) is 7.43. The third kappa shape index (κ3) is 29.6. The van der Waals surface area contributed by atoms with Gasteiger partial charge in [-0.3, -0.25) is 24.2 Å². The van der Waals surface area contributed by atoms with Gasteiger partial charge in [-0.05, 0) is 19.9 Å². The smallest absolute Gasteiger partial charge is 0.320 e. The number of carboxylic acid groups (broad SMARTS) is 1. The molecule has 0 aliphatic heterocycles. The fraction of sp³-hybridized carbons (Fsp3) is 0.909. The molecule has 0 aromatic carbocycles. The molecule has 0 unspecified atom stereocenters. The highest BCUT2D eigenvalue weighted by molar-refractivity contribution is 5.74. The molecule has 0 heterocycles. The molecular formula is C33H64N2O6. The molecule has 0 aliphatic carbocycles. The number of carboxylic acids is 1. The van der Waals surface area contributed by atoms with E-state index in [-0.39, 0.29) is 25.6 Å².